The van der Waals surface area contributed by atoms with Crippen molar-refractivity contribution in [1.82, 2.24) is 14.8 Å². The van der Waals surface area contributed by atoms with Gasteiger partial charge in [-0.15, -0.1) is 0 Å². The molecule has 274 valence electrons. The second-order valence-electron chi connectivity index (χ2n) is 13.1. The van der Waals surface area contributed by atoms with E-state index in [0.717, 1.165) is 53.4 Å². The Bertz CT molecular complexity index is 1970. The molecule has 53 heavy (non-hydrogen) atoms. The number of hydrogen-bond acceptors (Lipinski definition) is 7. The molecule has 6 rings (SSSR count). The van der Waals surface area contributed by atoms with Crippen molar-refractivity contribution < 1.29 is 23.7 Å². The minimum absolute atomic E-state index is 0.0220. The van der Waals surface area contributed by atoms with Crippen LogP contribution in [-0.4, -0.2) is 53.0 Å². The maximum absolute atomic E-state index is 13.1. The van der Waals surface area contributed by atoms with Gasteiger partial charge in [-0.05, 0) is 97.6 Å². The van der Waals surface area contributed by atoms with Crippen LogP contribution in [0.2, 0.25) is 10.0 Å². The molecule has 0 aliphatic carbocycles. The zero-order chi connectivity index (χ0) is 37.2. The third kappa shape index (κ3) is 11.0. The molecule has 2 heterocycles. The van der Waals surface area contributed by atoms with E-state index < -0.39 is 0 Å². The summed E-state index contributed by atoms with van der Waals surface area (Å²) in [6, 6.07) is 31.0. The Morgan fingerprint density at radius 2 is 1.47 bits per heavy atom. The fraction of sp³-hybridized carbons (Fsp3) is 0.256. The van der Waals surface area contributed by atoms with E-state index in [4.69, 9.17) is 42.1 Å². The first kappa shape index (κ1) is 37.7. The Hall–Kier alpha value is -5.02. The normalized spacial score (nSPS) is 13.4. The standard InChI is InChI=1S/C43H43Cl2N3O5/c1-30(2)52-37-15-13-36(14-16-37)50-28-33-10-8-32(9-11-33)27-47-20-22-48(23-21-47)42(49)19-12-34-24-31(3)43(40(45)25-34)53-41-18-17-38(26-46-41)51-29-35-6-4-5-7-39(35)44/h4-19,24-26,30H,20-23,27-29H2,1-3H3. The van der Waals surface area contributed by atoms with E-state index >= 15 is 0 Å². The van der Waals surface area contributed by atoms with Gasteiger partial charge in [0.2, 0.25) is 11.8 Å². The molecule has 0 saturated carbocycles. The summed E-state index contributed by atoms with van der Waals surface area (Å²) in [4.78, 5) is 21.7. The average Bonchev–Trinajstić information content (AvgIpc) is 3.16. The molecule has 1 aromatic heterocycles. The fourth-order valence-electron chi connectivity index (χ4n) is 5.83. The lowest BCUT2D eigenvalue weighted by atomic mass is 10.1. The van der Waals surface area contributed by atoms with Gasteiger partial charge in [0.25, 0.3) is 0 Å². The van der Waals surface area contributed by atoms with Crippen molar-refractivity contribution in [3.63, 3.8) is 0 Å². The number of ether oxygens (including phenoxy) is 4. The summed E-state index contributed by atoms with van der Waals surface area (Å²) in [7, 11) is 0. The number of rotatable bonds is 14. The summed E-state index contributed by atoms with van der Waals surface area (Å²) in [5.41, 5.74) is 4.86. The van der Waals surface area contributed by atoms with Crippen LogP contribution >= 0.6 is 23.2 Å². The molecule has 0 unspecified atom stereocenters. The number of nitrogens with zero attached hydrogens (tertiary/aromatic N) is 3. The zero-order valence-electron chi connectivity index (χ0n) is 30.1. The zero-order valence-corrected chi connectivity index (χ0v) is 31.6. The first-order chi connectivity index (χ1) is 25.7. The predicted molar refractivity (Wildman–Crippen MR) is 210 cm³/mol. The van der Waals surface area contributed by atoms with Gasteiger partial charge in [-0.25, -0.2) is 4.98 Å². The molecule has 0 atom stereocenters. The first-order valence-electron chi connectivity index (χ1n) is 17.7. The number of carbonyl (C=O) groups excluding carboxylic acids is 1. The minimum Gasteiger partial charge on any atom is -0.491 e. The molecule has 1 aliphatic heterocycles. The van der Waals surface area contributed by atoms with Crippen molar-refractivity contribution in [1.29, 1.82) is 0 Å². The van der Waals surface area contributed by atoms with E-state index in [-0.39, 0.29) is 12.0 Å². The molecule has 0 spiro atoms. The maximum atomic E-state index is 13.1. The highest BCUT2D eigenvalue weighted by atomic mass is 35.5. The van der Waals surface area contributed by atoms with Crippen LogP contribution < -0.4 is 18.9 Å². The average molecular weight is 753 g/mol. The van der Waals surface area contributed by atoms with Gasteiger partial charge >= 0.3 is 0 Å². The van der Waals surface area contributed by atoms with Crippen molar-refractivity contribution in [3.05, 3.63) is 147 Å². The largest absolute Gasteiger partial charge is 0.491 e. The fourth-order valence-corrected chi connectivity index (χ4v) is 6.33. The summed E-state index contributed by atoms with van der Waals surface area (Å²) in [5, 5.41) is 1.08. The van der Waals surface area contributed by atoms with Crippen molar-refractivity contribution in [2.45, 2.75) is 46.6 Å². The quantitative estimate of drug-likeness (QED) is 0.105. The molecule has 5 aromatic rings. The second kappa shape index (κ2) is 18.1. The molecule has 0 N–H and O–H groups in total. The Morgan fingerprint density at radius 3 is 2.15 bits per heavy atom. The second-order valence-corrected chi connectivity index (χ2v) is 14.0. The predicted octanol–water partition coefficient (Wildman–Crippen LogP) is 9.79. The summed E-state index contributed by atoms with van der Waals surface area (Å²) in [6.07, 6.45) is 5.14. The molecule has 1 saturated heterocycles. The lowest BCUT2D eigenvalue weighted by molar-refractivity contribution is -0.127. The monoisotopic (exact) mass is 751 g/mol. The molecule has 1 aliphatic rings. The van der Waals surface area contributed by atoms with E-state index in [2.05, 4.69) is 34.1 Å². The van der Waals surface area contributed by atoms with E-state index in [1.54, 1.807) is 36.5 Å². The van der Waals surface area contributed by atoms with Crippen LogP contribution in [0.15, 0.2) is 109 Å². The number of carbonyl (C=O) groups is 1. The Kier molecular flexibility index (Phi) is 12.9. The number of aryl methyl sites for hydroxylation is 1. The third-order valence-electron chi connectivity index (χ3n) is 8.65. The Labute approximate surface area is 321 Å². The molecule has 0 bridgehead atoms. The van der Waals surface area contributed by atoms with Crippen molar-refractivity contribution in [2.75, 3.05) is 26.2 Å². The highest BCUT2D eigenvalue weighted by Gasteiger charge is 2.20. The van der Waals surface area contributed by atoms with Gasteiger partial charge in [-0.3, -0.25) is 9.69 Å². The molecule has 4 aromatic carbocycles. The van der Waals surface area contributed by atoms with Gasteiger partial charge in [0.15, 0.2) is 5.75 Å². The van der Waals surface area contributed by atoms with Gasteiger partial charge in [0, 0.05) is 55.5 Å². The summed E-state index contributed by atoms with van der Waals surface area (Å²) in [5.74, 6) is 3.10. The van der Waals surface area contributed by atoms with E-state index in [0.29, 0.717) is 53.7 Å². The van der Waals surface area contributed by atoms with E-state index in [1.807, 2.05) is 80.3 Å². The van der Waals surface area contributed by atoms with Gasteiger partial charge in [0.1, 0.15) is 30.5 Å². The number of piperazine rings is 1. The molecular formula is C43H43Cl2N3O5. The molecule has 8 nitrogen and oxygen atoms in total. The van der Waals surface area contributed by atoms with Gasteiger partial charge in [-0.1, -0.05) is 65.7 Å². The number of amides is 1. The molecular weight excluding hydrogens is 709 g/mol. The van der Waals surface area contributed by atoms with Crippen LogP contribution in [0.25, 0.3) is 6.08 Å². The van der Waals surface area contributed by atoms with Crippen LogP contribution in [0, 0.1) is 6.92 Å². The number of aromatic nitrogens is 1. The van der Waals surface area contributed by atoms with Crippen molar-refractivity contribution in [3.8, 4) is 28.9 Å². The Morgan fingerprint density at radius 1 is 0.792 bits per heavy atom. The van der Waals surface area contributed by atoms with E-state index in [9.17, 15) is 4.79 Å². The molecule has 0 radical (unpaired) electrons. The summed E-state index contributed by atoms with van der Waals surface area (Å²) < 4.78 is 23.5. The molecule has 10 heteroatoms. The summed E-state index contributed by atoms with van der Waals surface area (Å²) >= 11 is 12.8. The number of pyridine rings is 1. The van der Waals surface area contributed by atoms with Crippen LogP contribution in [0.1, 0.15) is 41.7 Å². The number of hydrogen-bond donors (Lipinski definition) is 0. The van der Waals surface area contributed by atoms with E-state index in [1.165, 1.54) is 5.56 Å². The van der Waals surface area contributed by atoms with Crippen LogP contribution in [0.4, 0.5) is 0 Å². The summed E-state index contributed by atoms with van der Waals surface area (Å²) in [6.45, 7) is 10.5. The van der Waals surface area contributed by atoms with Crippen LogP contribution in [0.5, 0.6) is 28.9 Å². The van der Waals surface area contributed by atoms with Crippen LogP contribution in [0.3, 0.4) is 0 Å². The van der Waals surface area contributed by atoms with Gasteiger partial charge in [-0.2, -0.15) is 0 Å². The van der Waals surface area contributed by atoms with Gasteiger partial charge < -0.3 is 23.8 Å². The highest BCUT2D eigenvalue weighted by Crippen LogP contribution is 2.34. The molecule has 1 fully saturated rings. The third-order valence-corrected chi connectivity index (χ3v) is 9.30. The van der Waals surface area contributed by atoms with Crippen molar-refractivity contribution in [2.24, 2.45) is 0 Å². The maximum Gasteiger partial charge on any atom is 0.246 e. The topological polar surface area (TPSA) is 73.4 Å². The lowest BCUT2D eigenvalue weighted by Gasteiger charge is -2.34. The molecule has 1 amide bonds. The van der Waals surface area contributed by atoms with Gasteiger partial charge in [0.05, 0.1) is 17.3 Å². The van der Waals surface area contributed by atoms with Crippen LogP contribution in [-0.2, 0) is 24.6 Å². The number of halogens is 2. The number of benzene rings is 4. The smallest absolute Gasteiger partial charge is 0.246 e. The highest BCUT2D eigenvalue weighted by molar-refractivity contribution is 6.32. The Balaban J connectivity index is 0.933. The van der Waals surface area contributed by atoms with Crippen molar-refractivity contribution >= 4 is 35.2 Å². The lowest BCUT2D eigenvalue weighted by Crippen LogP contribution is -2.47. The first-order valence-corrected chi connectivity index (χ1v) is 18.4. The minimum atomic E-state index is -0.0220. The SMILES string of the molecule is Cc1cc(C=CC(=O)N2CCN(Cc3ccc(COc4ccc(OC(C)C)cc4)cc3)CC2)cc(Cl)c1Oc1ccc(OCc2ccccc2Cl)cn1.